The van der Waals surface area contributed by atoms with Gasteiger partial charge in [-0.15, -0.1) is 11.3 Å². The minimum Gasteiger partial charge on any atom is -0.350 e. The van der Waals surface area contributed by atoms with Gasteiger partial charge in [0.1, 0.15) is 11.5 Å². The van der Waals surface area contributed by atoms with E-state index < -0.39 is 17.6 Å². The van der Waals surface area contributed by atoms with Crippen LogP contribution < -0.4 is 10.2 Å². The summed E-state index contributed by atoms with van der Waals surface area (Å²) in [6.45, 7) is 3.84. The Balaban J connectivity index is 1.82. The van der Waals surface area contributed by atoms with Gasteiger partial charge in [-0.2, -0.15) is 0 Å². The summed E-state index contributed by atoms with van der Waals surface area (Å²) in [6, 6.07) is 15.0. The number of nitrogens with one attached hydrogen (secondary N) is 1. The molecule has 1 N–H and O–H groups in total. The van der Waals surface area contributed by atoms with Crippen molar-refractivity contribution in [2.24, 2.45) is 0 Å². The van der Waals surface area contributed by atoms with Crippen LogP contribution in [0.25, 0.3) is 5.57 Å². The predicted octanol–water partition coefficient (Wildman–Crippen LogP) is 4.90. The molecule has 1 aromatic heterocycles. The number of aryl methyl sites for hydroxylation is 2. The monoisotopic (exact) mass is 392 g/mol. The second-order valence-electron chi connectivity index (χ2n) is 6.65. The van der Waals surface area contributed by atoms with Crippen LogP contribution in [-0.2, 0) is 9.59 Å². The van der Waals surface area contributed by atoms with Crippen molar-refractivity contribution in [1.82, 2.24) is 0 Å². The van der Waals surface area contributed by atoms with Gasteiger partial charge in [0.05, 0.1) is 11.3 Å². The number of thiophene rings is 1. The van der Waals surface area contributed by atoms with Crippen LogP contribution in [0.4, 0.5) is 15.8 Å². The van der Waals surface area contributed by atoms with Gasteiger partial charge in [0.25, 0.3) is 11.8 Å². The van der Waals surface area contributed by atoms with Crippen molar-refractivity contribution in [1.29, 1.82) is 0 Å². The number of benzene rings is 2. The molecule has 4 rings (SSSR count). The van der Waals surface area contributed by atoms with E-state index in [2.05, 4.69) is 5.32 Å². The summed E-state index contributed by atoms with van der Waals surface area (Å²) >= 11 is 1.38. The van der Waals surface area contributed by atoms with Crippen LogP contribution in [0.5, 0.6) is 0 Å². The van der Waals surface area contributed by atoms with Crippen LogP contribution in [0.15, 0.2) is 65.7 Å². The van der Waals surface area contributed by atoms with Crippen molar-refractivity contribution in [3.63, 3.8) is 0 Å². The van der Waals surface area contributed by atoms with Gasteiger partial charge < -0.3 is 5.32 Å². The fourth-order valence-corrected chi connectivity index (χ4v) is 4.09. The highest BCUT2D eigenvalue weighted by Crippen LogP contribution is 2.36. The molecule has 0 atom stereocenters. The number of amides is 2. The molecule has 0 spiro atoms. The number of imide groups is 1. The summed E-state index contributed by atoms with van der Waals surface area (Å²) in [5, 5.41) is 4.81. The van der Waals surface area contributed by atoms with Gasteiger partial charge >= 0.3 is 0 Å². The molecule has 0 saturated heterocycles. The number of carbonyl (C=O) groups excluding carboxylic acids is 2. The maximum absolute atomic E-state index is 13.6. The van der Waals surface area contributed by atoms with Crippen LogP contribution in [0.1, 0.15) is 16.0 Å². The van der Waals surface area contributed by atoms with Gasteiger partial charge in [-0.25, -0.2) is 9.29 Å². The Morgan fingerprint density at radius 2 is 1.68 bits per heavy atom. The SMILES string of the molecule is Cc1cc(C)cc(N2C(=O)C(Nc3cccc(F)c3)=C(c3cccs3)C2=O)c1. The van der Waals surface area contributed by atoms with E-state index >= 15 is 0 Å². The molecule has 0 aliphatic carbocycles. The molecule has 28 heavy (non-hydrogen) atoms. The summed E-state index contributed by atoms with van der Waals surface area (Å²) in [5.74, 6) is -1.27. The van der Waals surface area contributed by atoms with Crippen molar-refractivity contribution in [3.05, 3.63) is 87.5 Å². The lowest BCUT2D eigenvalue weighted by Crippen LogP contribution is -2.32. The Morgan fingerprint density at radius 3 is 2.32 bits per heavy atom. The zero-order chi connectivity index (χ0) is 19.8. The Bertz CT molecular complexity index is 1100. The van der Waals surface area contributed by atoms with E-state index in [0.29, 0.717) is 21.8 Å². The third-order valence-electron chi connectivity index (χ3n) is 4.41. The third kappa shape index (κ3) is 3.23. The van der Waals surface area contributed by atoms with Crippen molar-refractivity contribution >= 4 is 40.1 Å². The number of carbonyl (C=O) groups is 2. The molecule has 4 nitrogen and oxygen atoms in total. The molecular weight excluding hydrogens is 375 g/mol. The molecule has 2 amide bonds. The standard InChI is InChI=1S/C22H17FN2O2S/c1-13-9-14(2)11-17(10-13)25-21(26)19(18-7-4-8-28-18)20(22(25)27)24-16-6-3-5-15(23)12-16/h3-12,24H,1-2H3. The first kappa shape index (κ1) is 18.1. The zero-order valence-corrected chi connectivity index (χ0v) is 16.1. The van der Waals surface area contributed by atoms with Crippen molar-refractivity contribution in [3.8, 4) is 0 Å². The maximum atomic E-state index is 13.6. The Morgan fingerprint density at radius 1 is 0.929 bits per heavy atom. The largest absolute Gasteiger partial charge is 0.350 e. The lowest BCUT2D eigenvalue weighted by atomic mass is 10.1. The van der Waals surface area contributed by atoms with Gasteiger partial charge in [0.15, 0.2) is 0 Å². The molecule has 0 fully saturated rings. The molecular formula is C22H17FN2O2S. The number of hydrogen-bond donors (Lipinski definition) is 1. The first-order valence-electron chi connectivity index (χ1n) is 8.72. The van der Waals surface area contributed by atoms with E-state index in [9.17, 15) is 14.0 Å². The summed E-state index contributed by atoms with van der Waals surface area (Å²) in [5.41, 5.74) is 3.30. The number of rotatable bonds is 4. The molecule has 6 heteroatoms. The average molecular weight is 392 g/mol. The highest BCUT2D eigenvalue weighted by atomic mass is 32.1. The zero-order valence-electron chi connectivity index (χ0n) is 15.3. The second-order valence-corrected chi connectivity index (χ2v) is 7.60. The number of halogens is 1. The predicted molar refractivity (Wildman–Crippen MR) is 110 cm³/mol. The average Bonchev–Trinajstić information content (AvgIpc) is 3.21. The maximum Gasteiger partial charge on any atom is 0.282 e. The van der Waals surface area contributed by atoms with Crippen LogP contribution in [0.2, 0.25) is 0 Å². The Labute approximate surface area is 165 Å². The molecule has 140 valence electrons. The summed E-state index contributed by atoms with van der Waals surface area (Å²) in [6.07, 6.45) is 0. The molecule has 1 aliphatic rings. The van der Waals surface area contributed by atoms with Crippen LogP contribution >= 0.6 is 11.3 Å². The van der Waals surface area contributed by atoms with E-state index in [1.807, 2.05) is 31.4 Å². The number of nitrogens with zero attached hydrogens (tertiary/aromatic N) is 1. The topological polar surface area (TPSA) is 49.4 Å². The molecule has 0 saturated carbocycles. The first-order valence-corrected chi connectivity index (χ1v) is 9.60. The highest BCUT2D eigenvalue weighted by molar-refractivity contribution is 7.11. The molecule has 2 aromatic carbocycles. The van der Waals surface area contributed by atoms with Gasteiger partial charge in [-0.3, -0.25) is 9.59 Å². The van der Waals surface area contributed by atoms with Crippen LogP contribution in [-0.4, -0.2) is 11.8 Å². The minimum absolute atomic E-state index is 0.150. The van der Waals surface area contributed by atoms with E-state index in [0.717, 1.165) is 11.1 Å². The van der Waals surface area contributed by atoms with Crippen molar-refractivity contribution in [2.75, 3.05) is 10.2 Å². The minimum atomic E-state index is -0.456. The third-order valence-corrected chi connectivity index (χ3v) is 5.30. The van der Waals surface area contributed by atoms with E-state index in [-0.39, 0.29) is 5.70 Å². The summed E-state index contributed by atoms with van der Waals surface area (Å²) in [4.78, 5) is 28.3. The Kier molecular flexibility index (Phi) is 4.57. The highest BCUT2D eigenvalue weighted by Gasteiger charge is 2.40. The summed E-state index contributed by atoms with van der Waals surface area (Å²) < 4.78 is 13.6. The van der Waals surface area contributed by atoms with Crippen molar-refractivity contribution in [2.45, 2.75) is 13.8 Å². The van der Waals surface area contributed by atoms with Crippen molar-refractivity contribution < 1.29 is 14.0 Å². The molecule has 0 unspecified atom stereocenters. The molecule has 0 radical (unpaired) electrons. The normalized spacial score (nSPS) is 14.2. The molecule has 2 heterocycles. The first-order chi connectivity index (χ1) is 13.4. The van der Waals surface area contributed by atoms with Crippen LogP contribution in [0.3, 0.4) is 0 Å². The number of anilines is 2. The lowest BCUT2D eigenvalue weighted by Gasteiger charge is -2.17. The molecule has 3 aromatic rings. The van der Waals surface area contributed by atoms with Gasteiger partial charge in [-0.1, -0.05) is 18.2 Å². The molecule has 0 bridgehead atoms. The van der Waals surface area contributed by atoms with Gasteiger partial charge in [-0.05, 0) is 66.8 Å². The fraction of sp³-hybridized carbons (Fsp3) is 0.0909. The second kappa shape index (κ2) is 7.05. The summed E-state index contributed by atoms with van der Waals surface area (Å²) in [7, 11) is 0. The quantitative estimate of drug-likeness (QED) is 0.643. The van der Waals surface area contributed by atoms with Gasteiger partial charge in [0.2, 0.25) is 0 Å². The smallest absolute Gasteiger partial charge is 0.282 e. The molecule has 1 aliphatic heterocycles. The van der Waals surface area contributed by atoms with E-state index in [1.165, 1.54) is 28.4 Å². The number of hydrogen-bond acceptors (Lipinski definition) is 4. The van der Waals surface area contributed by atoms with E-state index in [1.54, 1.807) is 30.3 Å². The fourth-order valence-electron chi connectivity index (χ4n) is 3.32. The Hall–Kier alpha value is -3.25. The van der Waals surface area contributed by atoms with Gasteiger partial charge in [0, 0.05) is 10.6 Å². The lowest BCUT2D eigenvalue weighted by molar-refractivity contribution is -0.120. The van der Waals surface area contributed by atoms with E-state index in [4.69, 9.17) is 0 Å². The van der Waals surface area contributed by atoms with Crippen LogP contribution in [0, 0.1) is 19.7 Å².